The number of hydrogen-bond donors (Lipinski definition) is 3. The first-order valence-corrected chi connectivity index (χ1v) is 6.69. The molecule has 0 aromatic heterocycles. The summed E-state index contributed by atoms with van der Waals surface area (Å²) in [5, 5.41) is 11.7. The second-order valence-electron chi connectivity index (χ2n) is 4.60. The smallest absolute Gasteiger partial charge is 0.337 e. The number of carbonyl (C=O) groups is 2. The van der Waals surface area contributed by atoms with E-state index >= 15 is 0 Å². The number of likely N-dealkylation sites (N-methyl/N-ethyl adjacent to an activating group) is 1. The Bertz CT molecular complexity index is 545. The molecule has 0 saturated carbocycles. The average Bonchev–Trinajstić information content (AvgIpc) is 2.42. The number of rotatable bonds is 6. The molecule has 0 aliphatic carbocycles. The van der Waals surface area contributed by atoms with Crippen LogP contribution in [0, 0.1) is 5.82 Å². The SMILES string of the molecule is CCN(CC)C(=O)C(C)Nc1cc(C(=O)O)c(N)cc1F. The van der Waals surface area contributed by atoms with Gasteiger partial charge < -0.3 is 21.1 Å². The van der Waals surface area contributed by atoms with E-state index in [1.54, 1.807) is 11.8 Å². The van der Waals surface area contributed by atoms with Crippen LogP contribution in [0.5, 0.6) is 0 Å². The van der Waals surface area contributed by atoms with Gasteiger partial charge in [0.15, 0.2) is 0 Å². The summed E-state index contributed by atoms with van der Waals surface area (Å²) in [4.78, 5) is 24.7. The third-order valence-electron chi connectivity index (χ3n) is 3.19. The second-order valence-corrected chi connectivity index (χ2v) is 4.60. The quantitative estimate of drug-likeness (QED) is 0.696. The highest BCUT2D eigenvalue weighted by atomic mass is 19.1. The molecule has 6 nitrogen and oxygen atoms in total. The van der Waals surface area contributed by atoms with Crippen LogP contribution in [0.15, 0.2) is 12.1 Å². The number of carboxylic acids is 1. The van der Waals surface area contributed by atoms with Crippen molar-refractivity contribution in [3.8, 4) is 0 Å². The monoisotopic (exact) mass is 297 g/mol. The van der Waals surface area contributed by atoms with Crippen molar-refractivity contribution in [2.45, 2.75) is 26.8 Å². The molecule has 116 valence electrons. The lowest BCUT2D eigenvalue weighted by molar-refractivity contribution is -0.131. The Morgan fingerprint density at radius 2 is 1.95 bits per heavy atom. The number of halogens is 1. The van der Waals surface area contributed by atoms with E-state index in [1.165, 1.54) is 0 Å². The third-order valence-corrected chi connectivity index (χ3v) is 3.19. The van der Waals surface area contributed by atoms with Crippen molar-refractivity contribution in [2.75, 3.05) is 24.1 Å². The maximum absolute atomic E-state index is 13.8. The number of nitrogen functional groups attached to an aromatic ring is 1. The molecule has 0 fully saturated rings. The number of nitrogens with two attached hydrogens (primary N) is 1. The highest BCUT2D eigenvalue weighted by Crippen LogP contribution is 2.23. The van der Waals surface area contributed by atoms with Crippen LogP contribution in [-0.2, 0) is 4.79 Å². The summed E-state index contributed by atoms with van der Waals surface area (Å²) in [7, 11) is 0. The Balaban J connectivity index is 2.99. The van der Waals surface area contributed by atoms with Crippen molar-refractivity contribution in [2.24, 2.45) is 0 Å². The molecular weight excluding hydrogens is 277 g/mol. The minimum Gasteiger partial charge on any atom is -0.478 e. The van der Waals surface area contributed by atoms with Gasteiger partial charge in [0.25, 0.3) is 0 Å². The number of anilines is 2. The van der Waals surface area contributed by atoms with E-state index in [-0.39, 0.29) is 22.8 Å². The zero-order valence-electron chi connectivity index (χ0n) is 12.3. The van der Waals surface area contributed by atoms with Gasteiger partial charge in [-0.05, 0) is 32.9 Å². The molecule has 21 heavy (non-hydrogen) atoms. The number of nitrogens with one attached hydrogen (secondary N) is 1. The van der Waals surface area contributed by atoms with E-state index in [2.05, 4.69) is 5.32 Å². The van der Waals surface area contributed by atoms with Crippen LogP contribution in [0.3, 0.4) is 0 Å². The van der Waals surface area contributed by atoms with Gasteiger partial charge in [0, 0.05) is 18.8 Å². The van der Waals surface area contributed by atoms with Crippen LogP contribution < -0.4 is 11.1 Å². The fraction of sp³-hybridized carbons (Fsp3) is 0.429. The Labute approximate surface area is 122 Å². The molecule has 7 heteroatoms. The van der Waals surface area contributed by atoms with E-state index < -0.39 is 17.8 Å². The van der Waals surface area contributed by atoms with Crippen molar-refractivity contribution >= 4 is 23.3 Å². The van der Waals surface area contributed by atoms with Gasteiger partial charge in [0.2, 0.25) is 5.91 Å². The molecule has 0 spiro atoms. The third kappa shape index (κ3) is 3.84. The lowest BCUT2D eigenvalue weighted by Gasteiger charge is -2.24. The zero-order valence-corrected chi connectivity index (χ0v) is 12.3. The first kappa shape index (κ1) is 16.7. The maximum atomic E-state index is 13.8. The summed E-state index contributed by atoms with van der Waals surface area (Å²) >= 11 is 0. The van der Waals surface area contributed by atoms with E-state index in [9.17, 15) is 14.0 Å². The Morgan fingerprint density at radius 3 is 2.43 bits per heavy atom. The van der Waals surface area contributed by atoms with Crippen molar-refractivity contribution in [1.82, 2.24) is 4.90 Å². The van der Waals surface area contributed by atoms with E-state index in [0.717, 1.165) is 12.1 Å². The summed E-state index contributed by atoms with van der Waals surface area (Å²) in [5.41, 5.74) is 5.02. The molecule has 1 atom stereocenters. The van der Waals surface area contributed by atoms with Crippen molar-refractivity contribution < 1.29 is 19.1 Å². The van der Waals surface area contributed by atoms with Crippen LogP contribution >= 0.6 is 0 Å². The summed E-state index contributed by atoms with van der Waals surface area (Å²) < 4.78 is 13.8. The predicted octanol–water partition coefficient (Wildman–Crippen LogP) is 1.77. The number of nitrogens with zero attached hydrogens (tertiary/aromatic N) is 1. The zero-order chi connectivity index (χ0) is 16.2. The Kier molecular flexibility index (Phi) is 5.52. The van der Waals surface area contributed by atoms with Crippen molar-refractivity contribution in [3.63, 3.8) is 0 Å². The van der Waals surface area contributed by atoms with E-state index in [1.807, 2.05) is 13.8 Å². The molecular formula is C14H20FN3O3. The first-order valence-electron chi connectivity index (χ1n) is 6.69. The van der Waals surface area contributed by atoms with E-state index in [4.69, 9.17) is 10.8 Å². The lowest BCUT2D eigenvalue weighted by atomic mass is 10.1. The normalized spacial score (nSPS) is 11.8. The minimum absolute atomic E-state index is 0.0605. The second kappa shape index (κ2) is 6.92. The molecule has 4 N–H and O–H groups in total. The largest absolute Gasteiger partial charge is 0.478 e. The topological polar surface area (TPSA) is 95.7 Å². The summed E-state index contributed by atoms with van der Waals surface area (Å²) in [5.74, 6) is -2.14. The van der Waals surface area contributed by atoms with Gasteiger partial charge >= 0.3 is 5.97 Å². The van der Waals surface area contributed by atoms with Crippen molar-refractivity contribution in [3.05, 3.63) is 23.5 Å². The first-order chi connectivity index (χ1) is 9.81. The molecule has 1 amide bonds. The van der Waals surface area contributed by atoms with Gasteiger partial charge in [-0.2, -0.15) is 0 Å². The van der Waals surface area contributed by atoms with E-state index in [0.29, 0.717) is 13.1 Å². The Morgan fingerprint density at radius 1 is 1.38 bits per heavy atom. The number of carbonyl (C=O) groups excluding carboxylic acids is 1. The molecule has 0 aliphatic heterocycles. The summed E-state index contributed by atoms with van der Waals surface area (Å²) in [6.45, 7) is 6.38. The number of carboxylic acid groups (broad SMARTS) is 1. The fourth-order valence-corrected chi connectivity index (χ4v) is 1.99. The average molecular weight is 297 g/mol. The summed E-state index contributed by atoms with van der Waals surface area (Å²) in [6.07, 6.45) is 0. The predicted molar refractivity (Wildman–Crippen MR) is 78.8 cm³/mol. The van der Waals surface area contributed by atoms with Gasteiger partial charge in [0.05, 0.1) is 11.3 Å². The van der Waals surface area contributed by atoms with Gasteiger partial charge in [-0.1, -0.05) is 0 Å². The number of aromatic carboxylic acids is 1. The standard InChI is InChI=1S/C14H20FN3O3/c1-4-18(5-2)13(19)8(3)17-12-6-9(14(20)21)11(16)7-10(12)15/h6-8,17H,4-5,16H2,1-3H3,(H,20,21). The lowest BCUT2D eigenvalue weighted by Crippen LogP contribution is -2.41. The molecule has 0 saturated heterocycles. The molecule has 1 unspecified atom stereocenters. The molecule has 0 heterocycles. The highest BCUT2D eigenvalue weighted by Gasteiger charge is 2.20. The van der Waals surface area contributed by atoms with Gasteiger partial charge in [-0.25, -0.2) is 9.18 Å². The van der Waals surface area contributed by atoms with Crippen LogP contribution in [0.2, 0.25) is 0 Å². The molecule has 0 bridgehead atoms. The number of hydrogen-bond acceptors (Lipinski definition) is 4. The molecule has 1 aromatic carbocycles. The summed E-state index contributed by atoms with van der Waals surface area (Å²) in [6, 6.07) is 1.35. The van der Waals surface area contributed by atoms with Gasteiger partial charge in [-0.3, -0.25) is 4.79 Å². The Hall–Kier alpha value is -2.31. The van der Waals surface area contributed by atoms with Crippen LogP contribution in [-0.4, -0.2) is 41.0 Å². The van der Waals surface area contributed by atoms with Crippen LogP contribution in [0.1, 0.15) is 31.1 Å². The van der Waals surface area contributed by atoms with Gasteiger partial charge in [0.1, 0.15) is 11.9 Å². The number of amides is 1. The maximum Gasteiger partial charge on any atom is 0.337 e. The van der Waals surface area contributed by atoms with Gasteiger partial charge in [-0.15, -0.1) is 0 Å². The van der Waals surface area contributed by atoms with Crippen molar-refractivity contribution in [1.29, 1.82) is 0 Å². The highest BCUT2D eigenvalue weighted by molar-refractivity contribution is 5.95. The molecule has 0 radical (unpaired) electrons. The van der Waals surface area contributed by atoms with Crippen LogP contribution in [0.25, 0.3) is 0 Å². The fourth-order valence-electron chi connectivity index (χ4n) is 1.99. The molecule has 1 rings (SSSR count). The molecule has 1 aromatic rings. The molecule has 0 aliphatic rings. The number of benzene rings is 1. The van der Waals surface area contributed by atoms with Crippen LogP contribution in [0.4, 0.5) is 15.8 Å². The minimum atomic E-state index is -1.25.